The number of imidazole rings is 1. The van der Waals surface area contributed by atoms with E-state index in [4.69, 9.17) is 16.3 Å². The number of hydrogen-bond donors (Lipinski definition) is 0. The lowest BCUT2D eigenvalue weighted by atomic mass is 10.1. The Kier molecular flexibility index (Phi) is 7.66. The van der Waals surface area contributed by atoms with Crippen LogP contribution in [-0.4, -0.2) is 54.5 Å². The van der Waals surface area contributed by atoms with Gasteiger partial charge in [0.05, 0.1) is 47.9 Å². The van der Waals surface area contributed by atoms with E-state index in [9.17, 15) is 27.6 Å². The highest BCUT2D eigenvalue weighted by Gasteiger charge is 2.43. The first-order valence-electron chi connectivity index (χ1n) is 12.1. The molecule has 2 amide bonds. The largest absolute Gasteiger partial charge is 0.467 e. The quantitative estimate of drug-likeness (QED) is 0.208. The summed E-state index contributed by atoms with van der Waals surface area (Å²) in [6.45, 7) is -0.140. The maximum absolute atomic E-state index is 13.5. The number of thioether (sulfide) groups is 1. The van der Waals surface area contributed by atoms with E-state index in [2.05, 4.69) is 10.1 Å². The number of rotatable bonds is 7. The van der Waals surface area contributed by atoms with Crippen LogP contribution in [0.2, 0.25) is 5.02 Å². The molecule has 2 aromatic carbocycles. The second kappa shape index (κ2) is 11.1. The minimum absolute atomic E-state index is 0.00630. The molecule has 0 aliphatic carbocycles. The zero-order valence-corrected chi connectivity index (χ0v) is 23.1. The number of carbonyl (C=O) groups is 3. The molecule has 14 heteroatoms. The maximum Gasteiger partial charge on any atom is 0.416 e. The van der Waals surface area contributed by atoms with Crippen molar-refractivity contribution in [2.24, 2.45) is 7.05 Å². The maximum atomic E-state index is 13.5. The fourth-order valence-electron chi connectivity index (χ4n) is 4.52. The number of esters is 1. The molecular weight excluding hydrogens is 583 g/mol. The predicted molar refractivity (Wildman–Crippen MR) is 146 cm³/mol. The Balaban J connectivity index is 1.40. The van der Waals surface area contributed by atoms with Crippen LogP contribution in [0.15, 0.2) is 60.0 Å². The highest BCUT2D eigenvalue weighted by Crippen LogP contribution is 2.36. The monoisotopic (exact) mass is 603 g/mol. The third-order valence-corrected chi connectivity index (χ3v) is 7.55. The van der Waals surface area contributed by atoms with Crippen LogP contribution in [0.5, 0.6) is 0 Å². The Bertz CT molecular complexity index is 1710. The Hall–Kier alpha value is -4.10. The van der Waals surface area contributed by atoms with E-state index in [0.29, 0.717) is 33.9 Å². The predicted octanol–water partition coefficient (Wildman–Crippen LogP) is 5.31. The summed E-state index contributed by atoms with van der Waals surface area (Å²) in [5.74, 6) is -1.40. The number of aromatic nitrogens is 4. The van der Waals surface area contributed by atoms with E-state index < -0.39 is 34.9 Å². The lowest BCUT2D eigenvalue weighted by molar-refractivity contribution is -0.148. The van der Waals surface area contributed by atoms with Gasteiger partial charge in [-0.05, 0) is 53.2 Å². The number of ether oxygens (including phenoxy) is 1. The van der Waals surface area contributed by atoms with E-state index in [1.165, 1.54) is 36.2 Å². The summed E-state index contributed by atoms with van der Waals surface area (Å²) in [7, 11) is 2.93. The zero-order valence-electron chi connectivity index (χ0n) is 21.6. The molecule has 9 nitrogen and oxygen atoms in total. The summed E-state index contributed by atoms with van der Waals surface area (Å²) < 4.78 is 48.6. The number of fused-ring (bicyclic) bond motifs is 1. The fourth-order valence-corrected chi connectivity index (χ4v) is 5.57. The van der Waals surface area contributed by atoms with Gasteiger partial charge < -0.3 is 9.30 Å². The standard InChI is InChI=1S/C27H21ClF3N5O4S/c1-34-13-19(32-14-34)10-22(25(38)40-2)36-24(37)23(41-26(36)39)8-15-3-6-21-17(7-15)11-33-35(21)12-16-4-5-18(28)9-20(16)27(29,30)31/h3-9,11,13-14,22H,10,12H2,1-2H3/b23-8-. The number of aryl methyl sites for hydroxylation is 1. The topological polar surface area (TPSA) is 99.3 Å². The molecule has 1 fully saturated rings. The van der Waals surface area contributed by atoms with Crippen molar-refractivity contribution in [1.29, 1.82) is 0 Å². The van der Waals surface area contributed by atoms with E-state index in [1.54, 1.807) is 42.3 Å². The van der Waals surface area contributed by atoms with Gasteiger partial charge in [-0.15, -0.1) is 0 Å². The normalized spacial score (nSPS) is 15.8. The van der Waals surface area contributed by atoms with E-state index in [-0.39, 0.29) is 28.5 Å². The van der Waals surface area contributed by atoms with Crippen LogP contribution >= 0.6 is 23.4 Å². The highest BCUT2D eigenvalue weighted by molar-refractivity contribution is 8.18. The van der Waals surface area contributed by atoms with Gasteiger partial charge in [-0.2, -0.15) is 18.3 Å². The van der Waals surface area contributed by atoms with Crippen molar-refractivity contribution in [3.8, 4) is 0 Å². The molecule has 4 aromatic rings. The third kappa shape index (κ3) is 5.86. The lowest BCUT2D eigenvalue weighted by Gasteiger charge is -2.22. The molecule has 2 aromatic heterocycles. The molecule has 3 heterocycles. The number of methoxy groups -OCH3 is 1. The molecule has 1 atom stereocenters. The molecule has 0 saturated carbocycles. The number of amides is 2. The van der Waals surface area contributed by atoms with Gasteiger partial charge in [-0.25, -0.2) is 9.78 Å². The van der Waals surface area contributed by atoms with Gasteiger partial charge in [0.1, 0.15) is 6.04 Å². The lowest BCUT2D eigenvalue weighted by Crippen LogP contribution is -2.46. The Morgan fingerprint density at radius 1 is 1.20 bits per heavy atom. The molecule has 1 unspecified atom stereocenters. The first-order valence-corrected chi connectivity index (χ1v) is 13.3. The van der Waals surface area contributed by atoms with Crippen molar-refractivity contribution < 1.29 is 32.3 Å². The van der Waals surface area contributed by atoms with Crippen LogP contribution in [0.4, 0.5) is 18.0 Å². The molecule has 1 aliphatic rings. The molecule has 0 N–H and O–H groups in total. The van der Waals surface area contributed by atoms with Crippen molar-refractivity contribution in [2.75, 3.05) is 7.11 Å². The number of benzene rings is 2. The van der Waals surface area contributed by atoms with Crippen molar-refractivity contribution in [3.05, 3.63) is 87.4 Å². The number of hydrogen-bond acceptors (Lipinski definition) is 7. The van der Waals surface area contributed by atoms with Crippen LogP contribution < -0.4 is 0 Å². The fraction of sp³-hybridized carbons (Fsp3) is 0.222. The SMILES string of the molecule is COC(=O)C(Cc1cn(C)cn1)N1C(=O)S/C(=C\c2ccc3c(cnn3Cc3ccc(Cl)cc3C(F)(F)F)c2)C1=O. The van der Waals surface area contributed by atoms with Gasteiger partial charge in [0.2, 0.25) is 0 Å². The molecule has 0 spiro atoms. The van der Waals surface area contributed by atoms with E-state index >= 15 is 0 Å². The Labute approximate surface area is 240 Å². The molecular formula is C27H21ClF3N5O4S. The van der Waals surface area contributed by atoms with Gasteiger partial charge in [-0.3, -0.25) is 19.2 Å². The summed E-state index contributed by atoms with van der Waals surface area (Å²) in [5, 5.41) is 4.22. The van der Waals surface area contributed by atoms with E-state index in [1.807, 2.05) is 0 Å². The molecule has 0 radical (unpaired) electrons. The molecule has 1 aliphatic heterocycles. The first kappa shape index (κ1) is 28.4. The minimum Gasteiger partial charge on any atom is -0.467 e. The molecule has 5 rings (SSSR count). The average molecular weight is 604 g/mol. The highest BCUT2D eigenvalue weighted by atomic mass is 35.5. The molecule has 0 bridgehead atoms. The number of alkyl halides is 3. The summed E-state index contributed by atoms with van der Waals surface area (Å²) >= 11 is 6.48. The Morgan fingerprint density at radius 3 is 2.66 bits per heavy atom. The van der Waals surface area contributed by atoms with Gasteiger partial charge in [0.25, 0.3) is 11.1 Å². The zero-order chi connectivity index (χ0) is 29.5. The van der Waals surface area contributed by atoms with Crippen molar-refractivity contribution in [2.45, 2.75) is 25.2 Å². The first-order chi connectivity index (χ1) is 19.4. The second-order valence-corrected chi connectivity index (χ2v) is 10.7. The Morgan fingerprint density at radius 2 is 1.98 bits per heavy atom. The number of imide groups is 1. The van der Waals surface area contributed by atoms with Gasteiger partial charge in [0, 0.05) is 30.1 Å². The summed E-state index contributed by atoms with van der Waals surface area (Å²) in [6, 6.07) is 7.43. The smallest absolute Gasteiger partial charge is 0.416 e. The van der Waals surface area contributed by atoms with Gasteiger partial charge in [0.15, 0.2) is 0 Å². The van der Waals surface area contributed by atoms with Crippen LogP contribution in [0, 0.1) is 0 Å². The molecule has 1 saturated heterocycles. The van der Waals surface area contributed by atoms with Gasteiger partial charge >= 0.3 is 12.1 Å². The third-order valence-electron chi connectivity index (χ3n) is 6.43. The van der Waals surface area contributed by atoms with Crippen LogP contribution in [0.1, 0.15) is 22.4 Å². The van der Waals surface area contributed by atoms with Crippen molar-refractivity contribution in [1.82, 2.24) is 24.2 Å². The summed E-state index contributed by atoms with van der Waals surface area (Å²) in [6.07, 6.45) is 1.65. The number of carbonyl (C=O) groups excluding carboxylic acids is 3. The average Bonchev–Trinajstić information content (AvgIpc) is 3.59. The molecule has 212 valence electrons. The second-order valence-electron chi connectivity index (χ2n) is 9.24. The minimum atomic E-state index is -4.58. The van der Waals surface area contributed by atoms with Crippen LogP contribution in [0.25, 0.3) is 17.0 Å². The van der Waals surface area contributed by atoms with Crippen LogP contribution in [0.3, 0.4) is 0 Å². The van der Waals surface area contributed by atoms with Crippen molar-refractivity contribution >= 4 is 57.5 Å². The number of halogens is 4. The summed E-state index contributed by atoms with van der Waals surface area (Å²) in [4.78, 5) is 43.8. The van der Waals surface area contributed by atoms with E-state index in [0.717, 1.165) is 11.0 Å². The molecule has 41 heavy (non-hydrogen) atoms. The van der Waals surface area contributed by atoms with Crippen molar-refractivity contribution in [3.63, 3.8) is 0 Å². The number of nitrogens with zero attached hydrogens (tertiary/aromatic N) is 5. The van der Waals surface area contributed by atoms with Gasteiger partial charge in [-0.1, -0.05) is 23.7 Å². The summed E-state index contributed by atoms with van der Waals surface area (Å²) in [5.41, 5.74) is 0.808. The van der Waals surface area contributed by atoms with Crippen LogP contribution in [-0.2, 0) is 40.5 Å².